The van der Waals surface area contributed by atoms with Crippen LogP contribution in [0.5, 0.6) is 0 Å². The van der Waals surface area contributed by atoms with Crippen molar-refractivity contribution in [3.63, 3.8) is 0 Å². The largest absolute Gasteiger partial charge is 0.421 e. The van der Waals surface area contributed by atoms with Gasteiger partial charge in [-0.25, -0.2) is 8.42 Å². The van der Waals surface area contributed by atoms with Gasteiger partial charge < -0.3 is 5.11 Å². The van der Waals surface area contributed by atoms with Crippen LogP contribution in [0.3, 0.4) is 0 Å². The lowest BCUT2D eigenvalue weighted by molar-refractivity contribution is -0.258. The zero-order valence-corrected chi connectivity index (χ0v) is 12.9. The summed E-state index contributed by atoms with van der Waals surface area (Å²) in [6, 6.07) is 7.37. The predicted octanol–water partition coefficient (Wildman–Crippen LogP) is 3.32. The number of aliphatic hydroxyl groups is 1. The standard InChI is InChI=1S/C13H12F3NO3S2/c1-12(18,13(14,15)16)9-4-6-10(7-5-9)17-22(19,20)11-3-2-8-21-11/h2-8,17-18H,1H3. The third kappa shape index (κ3) is 3.26. The molecule has 0 amide bonds. The van der Waals surface area contributed by atoms with Gasteiger partial charge in [0.15, 0.2) is 5.60 Å². The van der Waals surface area contributed by atoms with E-state index in [1.54, 1.807) is 11.4 Å². The van der Waals surface area contributed by atoms with Crippen LogP contribution in [0.4, 0.5) is 18.9 Å². The van der Waals surface area contributed by atoms with Crippen molar-refractivity contribution in [1.29, 1.82) is 0 Å². The Bertz CT molecular complexity index is 736. The van der Waals surface area contributed by atoms with Crippen molar-refractivity contribution in [2.75, 3.05) is 4.72 Å². The number of hydrogen-bond acceptors (Lipinski definition) is 4. The molecule has 0 aliphatic heterocycles. The summed E-state index contributed by atoms with van der Waals surface area (Å²) in [6.07, 6.45) is -4.83. The van der Waals surface area contributed by atoms with Gasteiger partial charge in [-0.05, 0) is 36.1 Å². The molecule has 0 aliphatic carbocycles. The highest BCUT2D eigenvalue weighted by atomic mass is 32.2. The molecule has 0 spiro atoms. The Labute approximate surface area is 129 Å². The fraction of sp³-hybridized carbons (Fsp3) is 0.231. The van der Waals surface area contributed by atoms with Gasteiger partial charge in [-0.3, -0.25) is 4.72 Å². The van der Waals surface area contributed by atoms with E-state index in [-0.39, 0.29) is 15.5 Å². The van der Waals surface area contributed by atoms with E-state index < -0.39 is 21.8 Å². The van der Waals surface area contributed by atoms with Crippen LogP contribution in [0.2, 0.25) is 0 Å². The number of hydrogen-bond donors (Lipinski definition) is 2. The van der Waals surface area contributed by atoms with Crippen LogP contribution >= 0.6 is 11.3 Å². The van der Waals surface area contributed by atoms with Gasteiger partial charge in [-0.2, -0.15) is 13.2 Å². The van der Waals surface area contributed by atoms with E-state index in [0.29, 0.717) is 6.92 Å². The number of thiophene rings is 1. The molecular weight excluding hydrogens is 339 g/mol. The quantitative estimate of drug-likeness (QED) is 0.888. The van der Waals surface area contributed by atoms with Gasteiger partial charge in [0.2, 0.25) is 0 Å². The number of benzene rings is 1. The van der Waals surface area contributed by atoms with Gasteiger partial charge in [-0.15, -0.1) is 11.3 Å². The maximum absolute atomic E-state index is 12.7. The minimum atomic E-state index is -4.83. The summed E-state index contributed by atoms with van der Waals surface area (Å²) in [5, 5.41) is 11.1. The third-order valence-corrected chi connectivity index (χ3v) is 5.79. The van der Waals surface area contributed by atoms with E-state index in [9.17, 15) is 26.7 Å². The highest BCUT2D eigenvalue weighted by Crippen LogP contribution is 2.38. The smallest absolute Gasteiger partial charge is 0.376 e. The molecule has 22 heavy (non-hydrogen) atoms. The van der Waals surface area contributed by atoms with Crippen molar-refractivity contribution in [3.8, 4) is 0 Å². The summed E-state index contributed by atoms with van der Waals surface area (Å²) in [4.78, 5) is 0. The molecule has 120 valence electrons. The first-order chi connectivity index (χ1) is 10.0. The maximum atomic E-state index is 12.7. The van der Waals surface area contributed by atoms with E-state index in [1.165, 1.54) is 18.2 Å². The van der Waals surface area contributed by atoms with Crippen LogP contribution in [0, 0.1) is 0 Å². The number of sulfonamides is 1. The van der Waals surface area contributed by atoms with Crippen molar-refractivity contribution in [1.82, 2.24) is 0 Å². The summed E-state index contributed by atoms with van der Waals surface area (Å²) < 4.78 is 64.5. The molecule has 9 heteroatoms. The topological polar surface area (TPSA) is 66.4 Å². The Kier molecular flexibility index (Phi) is 4.24. The van der Waals surface area contributed by atoms with Gasteiger partial charge in [0.05, 0.1) is 0 Å². The van der Waals surface area contributed by atoms with Crippen molar-refractivity contribution >= 4 is 27.0 Å². The molecule has 2 rings (SSSR count). The fourth-order valence-electron chi connectivity index (χ4n) is 1.65. The minimum absolute atomic E-state index is 0.0962. The van der Waals surface area contributed by atoms with Crippen molar-refractivity contribution in [2.24, 2.45) is 0 Å². The molecule has 4 nitrogen and oxygen atoms in total. The first-order valence-electron chi connectivity index (χ1n) is 6.00. The molecule has 2 N–H and O–H groups in total. The predicted molar refractivity (Wildman–Crippen MR) is 77.2 cm³/mol. The van der Waals surface area contributed by atoms with Gasteiger partial charge in [0, 0.05) is 5.69 Å². The van der Waals surface area contributed by atoms with Gasteiger partial charge in [0.25, 0.3) is 10.0 Å². The number of nitrogens with one attached hydrogen (secondary N) is 1. The molecule has 1 atom stereocenters. The maximum Gasteiger partial charge on any atom is 0.421 e. The number of anilines is 1. The molecule has 0 bridgehead atoms. The van der Waals surface area contributed by atoms with Gasteiger partial charge >= 0.3 is 6.18 Å². The average molecular weight is 351 g/mol. The highest BCUT2D eigenvalue weighted by molar-refractivity contribution is 7.94. The second kappa shape index (κ2) is 5.56. The second-order valence-corrected chi connectivity index (χ2v) is 7.54. The molecule has 1 unspecified atom stereocenters. The average Bonchev–Trinajstić information content (AvgIpc) is 2.92. The Morgan fingerprint density at radius 2 is 1.73 bits per heavy atom. The summed E-state index contributed by atoms with van der Waals surface area (Å²) in [6.45, 7) is 0.637. The summed E-state index contributed by atoms with van der Waals surface area (Å²) in [5.41, 5.74) is -3.27. The van der Waals surface area contributed by atoms with Crippen LogP contribution < -0.4 is 4.72 Å². The lowest BCUT2D eigenvalue weighted by Crippen LogP contribution is -2.39. The molecule has 0 aliphatic rings. The van der Waals surface area contributed by atoms with Crippen LogP contribution in [-0.4, -0.2) is 19.7 Å². The molecular formula is C13H12F3NO3S2. The normalized spacial score (nSPS) is 15.3. The van der Waals surface area contributed by atoms with Crippen molar-refractivity contribution < 1.29 is 26.7 Å². The summed E-state index contributed by atoms with van der Waals surface area (Å²) in [5.74, 6) is 0. The molecule has 1 aromatic carbocycles. The van der Waals surface area contributed by atoms with Crippen LogP contribution in [-0.2, 0) is 15.6 Å². The van der Waals surface area contributed by atoms with Crippen LogP contribution in [0.15, 0.2) is 46.0 Å². The summed E-state index contributed by atoms with van der Waals surface area (Å²) >= 11 is 1.02. The molecule has 1 heterocycles. The first-order valence-corrected chi connectivity index (χ1v) is 8.36. The van der Waals surface area contributed by atoms with Crippen LogP contribution in [0.25, 0.3) is 0 Å². The molecule has 0 fully saturated rings. The first kappa shape index (κ1) is 16.8. The Balaban J connectivity index is 2.24. The molecule has 0 radical (unpaired) electrons. The van der Waals surface area contributed by atoms with Crippen LogP contribution in [0.1, 0.15) is 12.5 Å². The van der Waals surface area contributed by atoms with Crippen molar-refractivity contribution in [3.05, 3.63) is 47.3 Å². The molecule has 2 aromatic rings. The van der Waals surface area contributed by atoms with Gasteiger partial charge in [0.1, 0.15) is 4.21 Å². The Morgan fingerprint density at radius 1 is 1.14 bits per heavy atom. The number of alkyl halides is 3. The zero-order valence-electron chi connectivity index (χ0n) is 11.3. The fourth-order valence-corrected chi connectivity index (χ4v) is 3.70. The zero-order chi connectivity index (χ0) is 16.6. The Morgan fingerprint density at radius 3 is 2.18 bits per heavy atom. The second-order valence-electron chi connectivity index (χ2n) is 4.68. The minimum Gasteiger partial charge on any atom is -0.376 e. The molecule has 0 saturated heterocycles. The van der Waals surface area contributed by atoms with Gasteiger partial charge in [-0.1, -0.05) is 18.2 Å². The monoisotopic (exact) mass is 351 g/mol. The lowest BCUT2D eigenvalue weighted by atomic mass is 9.95. The third-order valence-electron chi connectivity index (χ3n) is 3.01. The number of rotatable bonds is 4. The van der Waals surface area contributed by atoms with Crippen molar-refractivity contribution in [2.45, 2.75) is 22.9 Å². The molecule has 1 aromatic heterocycles. The van der Waals surface area contributed by atoms with E-state index in [0.717, 1.165) is 23.5 Å². The van der Waals surface area contributed by atoms with E-state index in [1.807, 2.05) is 0 Å². The Hall–Kier alpha value is -1.58. The lowest BCUT2D eigenvalue weighted by Gasteiger charge is -2.26. The SMILES string of the molecule is CC(O)(c1ccc(NS(=O)(=O)c2cccs2)cc1)C(F)(F)F. The number of halogens is 3. The summed E-state index contributed by atoms with van der Waals surface area (Å²) in [7, 11) is -3.76. The van der Waals surface area contributed by atoms with E-state index >= 15 is 0 Å². The molecule has 0 saturated carbocycles. The highest BCUT2D eigenvalue weighted by Gasteiger charge is 2.51. The van der Waals surface area contributed by atoms with E-state index in [4.69, 9.17) is 0 Å². The van der Waals surface area contributed by atoms with E-state index in [2.05, 4.69) is 4.72 Å².